The van der Waals surface area contributed by atoms with Crippen LogP contribution in [-0.4, -0.2) is 41.2 Å². The molecule has 4 rings (SSSR count). The number of thiocarbonyl (C=S) groups is 1. The zero-order valence-corrected chi connectivity index (χ0v) is 18.8. The molecule has 0 radical (unpaired) electrons. The molecule has 0 unspecified atom stereocenters. The van der Waals surface area contributed by atoms with Gasteiger partial charge in [-0.2, -0.15) is 0 Å². The maximum atomic E-state index is 13.3. The van der Waals surface area contributed by atoms with E-state index in [-0.39, 0.29) is 17.2 Å². The molecule has 0 saturated carbocycles. The topological polar surface area (TPSA) is 89.9 Å². The fourth-order valence-corrected chi connectivity index (χ4v) is 3.91. The number of aromatic nitrogens is 1. The lowest BCUT2D eigenvalue weighted by molar-refractivity contribution is -0.141. The van der Waals surface area contributed by atoms with Crippen LogP contribution < -0.4 is 15.0 Å². The first kappa shape index (κ1) is 22.2. The molecule has 1 saturated heterocycles. The minimum absolute atomic E-state index is 0.000528. The number of ether oxygens (including phenoxy) is 2. The molecule has 168 valence electrons. The Morgan fingerprint density at radius 2 is 1.85 bits per heavy atom. The van der Waals surface area contributed by atoms with Crippen LogP contribution in [0.15, 0.2) is 60.3 Å². The van der Waals surface area contributed by atoms with Gasteiger partial charge in [-0.1, -0.05) is 18.2 Å². The number of methoxy groups -OCH3 is 1. The summed E-state index contributed by atoms with van der Waals surface area (Å²) in [7, 11) is 1.32. The number of para-hydroxylation sites is 1. The predicted molar refractivity (Wildman–Crippen MR) is 128 cm³/mol. The van der Waals surface area contributed by atoms with Gasteiger partial charge in [0.2, 0.25) is 0 Å². The van der Waals surface area contributed by atoms with Crippen molar-refractivity contribution in [1.29, 1.82) is 0 Å². The number of nitrogens with zero attached hydrogens (tertiary/aromatic N) is 2. The van der Waals surface area contributed by atoms with E-state index in [0.717, 1.165) is 10.9 Å². The van der Waals surface area contributed by atoms with Crippen LogP contribution in [0.5, 0.6) is 5.75 Å². The normalized spacial score (nSPS) is 15.2. The number of carbonyl (C=O) groups excluding carboxylic acids is 3. The van der Waals surface area contributed by atoms with Gasteiger partial charge in [-0.15, -0.1) is 0 Å². The first-order valence-electron chi connectivity index (χ1n) is 10.2. The van der Waals surface area contributed by atoms with Crippen LogP contribution in [0.4, 0.5) is 5.69 Å². The molecule has 1 fully saturated rings. The minimum atomic E-state index is -0.586. The fourth-order valence-electron chi connectivity index (χ4n) is 3.63. The number of carbonyl (C=O) groups is 3. The molecule has 1 aliphatic heterocycles. The van der Waals surface area contributed by atoms with Crippen LogP contribution in [0.2, 0.25) is 0 Å². The standard InChI is InChI=1S/C24H21N3O5S/c1-3-32-17-10-8-16(9-11-17)27-23(30)19(22(29)25-24(27)33)12-15-13-26(14-21(28)31-2)20-7-5-4-6-18(15)20/h4-13H,3,14H2,1-2H3,(H,25,29,33). The number of rotatable bonds is 6. The molecule has 0 bridgehead atoms. The monoisotopic (exact) mass is 463 g/mol. The summed E-state index contributed by atoms with van der Waals surface area (Å²) < 4.78 is 11.9. The Kier molecular flexibility index (Phi) is 6.23. The summed E-state index contributed by atoms with van der Waals surface area (Å²) in [4.78, 5) is 39.1. The van der Waals surface area contributed by atoms with E-state index in [1.165, 1.54) is 18.1 Å². The molecule has 0 aliphatic carbocycles. The lowest BCUT2D eigenvalue weighted by Gasteiger charge is -2.29. The zero-order valence-electron chi connectivity index (χ0n) is 18.0. The van der Waals surface area contributed by atoms with Crippen LogP contribution in [0.25, 0.3) is 17.0 Å². The van der Waals surface area contributed by atoms with Gasteiger partial charge in [0.15, 0.2) is 5.11 Å². The van der Waals surface area contributed by atoms with Crippen molar-refractivity contribution in [1.82, 2.24) is 9.88 Å². The Hall–Kier alpha value is -3.98. The van der Waals surface area contributed by atoms with Crippen LogP contribution in [0.3, 0.4) is 0 Å². The molecule has 33 heavy (non-hydrogen) atoms. The van der Waals surface area contributed by atoms with Gasteiger partial charge in [0.05, 0.1) is 19.4 Å². The van der Waals surface area contributed by atoms with E-state index in [4.69, 9.17) is 21.7 Å². The Morgan fingerprint density at radius 3 is 2.55 bits per heavy atom. The highest BCUT2D eigenvalue weighted by atomic mass is 32.1. The summed E-state index contributed by atoms with van der Waals surface area (Å²) >= 11 is 5.27. The SMILES string of the molecule is CCOc1ccc(N2C(=O)C(=Cc3cn(CC(=O)OC)c4ccccc34)C(=O)NC2=S)cc1. The fraction of sp³-hybridized carbons (Fsp3) is 0.167. The average Bonchev–Trinajstić information content (AvgIpc) is 3.15. The molecule has 1 aromatic heterocycles. The molecule has 0 spiro atoms. The quantitative estimate of drug-likeness (QED) is 0.262. The van der Waals surface area contributed by atoms with Crippen LogP contribution in [-0.2, 0) is 25.7 Å². The summed E-state index contributed by atoms with van der Waals surface area (Å²) in [5.41, 5.74) is 1.83. The highest BCUT2D eigenvalue weighted by Crippen LogP contribution is 2.27. The molecule has 0 atom stereocenters. The summed E-state index contributed by atoms with van der Waals surface area (Å²) in [5.74, 6) is -0.877. The third-order valence-corrected chi connectivity index (χ3v) is 5.44. The molecule has 2 heterocycles. The smallest absolute Gasteiger partial charge is 0.325 e. The highest BCUT2D eigenvalue weighted by molar-refractivity contribution is 7.80. The third kappa shape index (κ3) is 4.35. The van der Waals surface area contributed by atoms with Crippen molar-refractivity contribution >= 4 is 57.8 Å². The highest BCUT2D eigenvalue weighted by Gasteiger charge is 2.34. The van der Waals surface area contributed by atoms with Crippen LogP contribution >= 0.6 is 12.2 Å². The van der Waals surface area contributed by atoms with Crippen molar-refractivity contribution in [2.75, 3.05) is 18.6 Å². The molecule has 2 amide bonds. The van der Waals surface area contributed by atoms with Crippen molar-refractivity contribution in [2.45, 2.75) is 13.5 Å². The van der Waals surface area contributed by atoms with Gasteiger partial charge in [-0.25, -0.2) is 0 Å². The number of benzene rings is 2. The lowest BCUT2D eigenvalue weighted by atomic mass is 10.1. The molecule has 8 nitrogen and oxygen atoms in total. The van der Waals surface area contributed by atoms with Crippen LogP contribution in [0.1, 0.15) is 12.5 Å². The second-order valence-corrected chi connectivity index (χ2v) is 7.58. The number of fused-ring (bicyclic) bond motifs is 1. The molecular formula is C24H21N3O5S. The predicted octanol–water partition coefficient (Wildman–Crippen LogP) is 3.04. The van der Waals surface area contributed by atoms with Gasteiger partial charge in [-0.3, -0.25) is 24.6 Å². The van der Waals surface area contributed by atoms with Gasteiger partial charge < -0.3 is 14.0 Å². The van der Waals surface area contributed by atoms with Crippen LogP contribution in [0, 0.1) is 0 Å². The van der Waals surface area contributed by atoms with Gasteiger partial charge in [0, 0.05) is 22.7 Å². The van der Waals surface area contributed by atoms with E-state index in [0.29, 0.717) is 23.6 Å². The molecule has 1 N–H and O–H groups in total. The molecule has 3 aromatic rings. The van der Waals surface area contributed by atoms with Crippen molar-refractivity contribution < 1.29 is 23.9 Å². The first-order chi connectivity index (χ1) is 15.9. The van der Waals surface area contributed by atoms with Gasteiger partial charge in [0.1, 0.15) is 17.9 Å². The minimum Gasteiger partial charge on any atom is -0.494 e. The summed E-state index contributed by atoms with van der Waals surface area (Å²) in [6, 6.07) is 14.3. The summed E-state index contributed by atoms with van der Waals surface area (Å²) in [6.07, 6.45) is 3.22. The second kappa shape index (κ2) is 9.25. The number of nitrogens with one attached hydrogen (secondary N) is 1. The molecular weight excluding hydrogens is 442 g/mol. The number of hydrogen-bond donors (Lipinski definition) is 1. The van der Waals surface area contributed by atoms with E-state index in [1.807, 2.05) is 31.2 Å². The van der Waals surface area contributed by atoms with Crippen molar-refractivity contribution in [3.8, 4) is 5.75 Å². The maximum absolute atomic E-state index is 13.3. The molecule has 1 aliphatic rings. The van der Waals surface area contributed by atoms with E-state index < -0.39 is 17.8 Å². The second-order valence-electron chi connectivity index (χ2n) is 7.19. The zero-order chi connectivity index (χ0) is 23.5. The maximum Gasteiger partial charge on any atom is 0.325 e. The molecule has 9 heteroatoms. The Labute approximate surface area is 195 Å². The first-order valence-corrected chi connectivity index (χ1v) is 10.6. The number of esters is 1. The third-order valence-electron chi connectivity index (χ3n) is 5.15. The van der Waals surface area contributed by atoms with E-state index in [9.17, 15) is 14.4 Å². The number of hydrogen-bond acceptors (Lipinski definition) is 6. The summed E-state index contributed by atoms with van der Waals surface area (Å²) in [5, 5.41) is 3.37. The van der Waals surface area contributed by atoms with Crippen molar-refractivity contribution in [3.63, 3.8) is 0 Å². The average molecular weight is 464 g/mol. The van der Waals surface area contributed by atoms with Gasteiger partial charge >= 0.3 is 5.97 Å². The lowest BCUT2D eigenvalue weighted by Crippen LogP contribution is -2.54. The van der Waals surface area contributed by atoms with Gasteiger partial charge in [-0.05, 0) is 55.5 Å². The number of amides is 2. The summed E-state index contributed by atoms with van der Waals surface area (Å²) in [6.45, 7) is 2.40. The van der Waals surface area contributed by atoms with E-state index in [2.05, 4.69) is 5.32 Å². The van der Waals surface area contributed by atoms with Crippen molar-refractivity contribution in [2.24, 2.45) is 0 Å². The Balaban J connectivity index is 1.73. The van der Waals surface area contributed by atoms with E-state index in [1.54, 1.807) is 35.0 Å². The van der Waals surface area contributed by atoms with Gasteiger partial charge in [0.25, 0.3) is 11.8 Å². The number of anilines is 1. The largest absolute Gasteiger partial charge is 0.494 e. The molecule has 2 aromatic carbocycles. The van der Waals surface area contributed by atoms with E-state index >= 15 is 0 Å². The Morgan fingerprint density at radius 1 is 1.12 bits per heavy atom. The Bertz CT molecular complexity index is 1290. The van der Waals surface area contributed by atoms with Crippen molar-refractivity contribution in [3.05, 3.63) is 65.9 Å².